The number of benzene rings is 1. The van der Waals surface area contributed by atoms with Gasteiger partial charge in [0.1, 0.15) is 0 Å². The van der Waals surface area contributed by atoms with E-state index in [4.69, 9.17) is 5.73 Å². The van der Waals surface area contributed by atoms with Crippen molar-refractivity contribution in [2.45, 2.75) is 71.4 Å². The second-order valence-electron chi connectivity index (χ2n) is 6.85. The highest BCUT2D eigenvalue weighted by Gasteiger charge is 2.17. The van der Waals surface area contributed by atoms with Crippen molar-refractivity contribution in [2.24, 2.45) is 5.73 Å². The van der Waals surface area contributed by atoms with Gasteiger partial charge in [-0.1, -0.05) is 64.8 Å². The van der Waals surface area contributed by atoms with Gasteiger partial charge in [-0.2, -0.15) is 0 Å². The summed E-state index contributed by atoms with van der Waals surface area (Å²) in [5.74, 6) is -0.0594. The maximum absolute atomic E-state index is 12.0. The predicted molar refractivity (Wildman–Crippen MR) is 89.2 cm³/mol. The van der Waals surface area contributed by atoms with E-state index in [2.05, 4.69) is 57.3 Å². The summed E-state index contributed by atoms with van der Waals surface area (Å²) in [6, 6.07) is 8.02. The van der Waals surface area contributed by atoms with E-state index in [9.17, 15) is 4.79 Å². The molecule has 1 aromatic rings. The van der Waals surface area contributed by atoms with Crippen LogP contribution in [0.15, 0.2) is 24.3 Å². The Hall–Kier alpha value is -1.35. The van der Waals surface area contributed by atoms with E-state index in [1.807, 2.05) is 6.92 Å². The maximum Gasteiger partial charge on any atom is 0.237 e. The van der Waals surface area contributed by atoms with E-state index >= 15 is 0 Å². The average Bonchev–Trinajstić information content (AvgIpc) is 2.43. The Labute approximate surface area is 129 Å². The largest absolute Gasteiger partial charge is 0.348 e. The Morgan fingerprint density at radius 1 is 1.24 bits per heavy atom. The minimum Gasteiger partial charge on any atom is -0.348 e. The lowest BCUT2D eigenvalue weighted by Crippen LogP contribution is -2.41. The molecule has 3 heteroatoms. The summed E-state index contributed by atoms with van der Waals surface area (Å²) in [4.78, 5) is 12.0. The minimum absolute atomic E-state index is 0.0146. The van der Waals surface area contributed by atoms with E-state index < -0.39 is 6.04 Å². The third-order valence-electron chi connectivity index (χ3n) is 3.84. The van der Waals surface area contributed by atoms with Crippen LogP contribution in [0.25, 0.3) is 0 Å². The van der Waals surface area contributed by atoms with Crippen molar-refractivity contribution in [3.8, 4) is 0 Å². The van der Waals surface area contributed by atoms with Crippen LogP contribution >= 0.6 is 0 Å². The SMILES string of the molecule is CCCC[C@H](N)C(=O)NC(C)c1ccc(C(C)(C)C)cc1. The number of amides is 1. The number of rotatable bonds is 6. The molecule has 3 nitrogen and oxygen atoms in total. The van der Waals surface area contributed by atoms with Gasteiger partial charge in [0.2, 0.25) is 5.91 Å². The number of carbonyl (C=O) groups excluding carboxylic acids is 1. The molecule has 0 aromatic heterocycles. The number of nitrogens with one attached hydrogen (secondary N) is 1. The first-order valence-corrected chi connectivity index (χ1v) is 7.92. The molecule has 3 N–H and O–H groups in total. The highest BCUT2D eigenvalue weighted by atomic mass is 16.2. The Bertz CT molecular complexity index is 445. The summed E-state index contributed by atoms with van der Waals surface area (Å²) in [7, 11) is 0. The molecule has 0 fully saturated rings. The van der Waals surface area contributed by atoms with Gasteiger partial charge in [-0.15, -0.1) is 0 Å². The van der Waals surface area contributed by atoms with Crippen molar-refractivity contribution < 1.29 is 4.79 Å². The molecule has 0 saturated carbocycles. The van der Waals surface area contributed by atoms with Crippen molar-refractivity contribution in [2.75, 3.05) is 0 Å². The molecule has 118 valence electrons. The van der Waals surface area contributed by atoms with Crippen LogP contribution in [0.1, 0.15) is 71.0 Å². The predicted octanol–water partition coefficient (Wildman–Crippen LogP) is 3.68. The topological polar surface area (TPSA) is 55.1 Å². The Morgan fingerprint density at radius 2 is 1.81 bits per heavy atom. The second-order valence-corrected chi connectivity index (χ2v) is 6.85. The Balaban J connectivity index is 2.63. The van der Waals surface area contributed by atoms with Crippen molar-refractivity contribution >= 4 is 5.91 Å². The van der Waals surface area contributed by atoms with Crippen LogP contribution in [0.2, 0.25) is 0 Å². The van der Waals surface area contributed by atoms with Gasteiger partial charge >= 0.3 is 0 Å². The third kappa shape index (κ3) is 5.50. The molecule has 2 atom stereocenters. The highest BCUT2D eigenvalue weighted by Crippen LogP contribution is 2.23. The van der Waals surface area contributed by atoms with Gasteiger partial charge in [0, 0.05) is 0 Å². The maximum atomic E-state index is 12.0. The van der Waals surface area contributed by atoms with Gasteiger partial charge in [0.15, 0.2) is 0 Å². The van der Waals surface area contributed by atoms with E-state index in [0.29, 0.717) is 0 Å². The summed E-state index contributed by atoms with van der Waals surface area (Å²) < 4.78 is 0. The molecular formula is C18H30N2O. The quantitative estimate of drug-likeness (QED) is 0.839. The lowest BCUT2D eigenvalue weighted by atomic mass is 9.86. The summed E-state index contributed by atoms with van der Waals surface area (Å²) >= 11 is 0. The summed E-state index contributed by atoms with van der Waals surface area (Å²) in [6.07, 6.45) is 2.80. The van der Waals surface area contributed by atoms with Gasteiger partial charge in [-0.25, -0.2) is 0 Å². The van der Waals surface area contributed by atoms with Gasteiger partial charge in [0.05, 0.1) is 12.1 Å². The molecule has 0 aliphatic heterocycles. The molecule has 1 unspecified atom stereocenters. The van der Waals surface area contributed by atoms with Crippen molar-refractivity contribution in [3.05, 3.63) is 35.4 Å². The molecule has 1 rings (SSSR count). The lowest BCUT2D eigenvalue weighted by molar-refractivity contribution is -0.123. The van der Waals surface area contributed by atoms with Crippen LogP contribution in [-0.2, 0) is 10.2 Å². The molecule has 0 saturated heterocycles. The van der Waals surface area contributed by atoms with Gasteiger partial charge in [-0.3, -0.25) is 4.79 Å². The smallest absolute Gasteiger partial charge is 0.237 e. The van der Waals surface area contributed by atoms with Crippen LogP contribution in [0.5, 0.6) is 0 Å². The first kappa shape index (κ1) is 17.7. The van der Waals surface area contributed by atoms with Crippen LogP contribution in [0.3, 0.4) is 0 Å². The number of hydrogen-bond donors (Lipinski definition) is 2. The van der Waals surface area contributed by atoms with Crippen LogP contribution < -0.4 is 11.1 Å². The van der Waals surface area contributed by atoms with Crippen molar-refractivity contribution in [3.63, 3.8) is 0 Å². The highest BCUT2D eigenvalue weighted by molar-refractivity contribution is 5.81. The van der Waals surface area contributed by atoms with Crippen LogP contribution in [0, 0.1) is 0 Å². The molecule has 0 spiro atoms. The van der Waals surface area contributed by atoms with E-state index in [1.165, 1.54) is 5.56 Å². The fourth-order valence-corrected chi connectivity index (χ4v) is 2.23. The number of nitrogens with two attached hydrogens (primary N) is 1. The monoisotopic (exact) mass is 290 g/mol. The molecule has 0 aliphatic rings. The summed E-state index contributed by atoms with van der Waals surface area (Å²) in [6.45, 7) is 10.7. The molecular weight excluding hydrogens is 260 g/mol. The normalized spacial score (nSPS) is 14.6. The molecule has 21 heavy (non-hydrogen) atoms. The van der Waals surface area contributed by atoms with E-state index in [1.54, 1.807) is 0 Å². The third-order valence-corrected chi connectivity index (χ3v) is 3.84. The molecule has 0 heterocycles. The van der Waals surface area contributed by atoms with Gasteiger partial charge in [0.25, 0.3) is 0 Å². The lowest BCUT2D eigenvalue weighted by Gasteiger charge is -2.21. The average molecular weight is 290 g/mol. The summed E-state index contributed by atoms with van der Waals surface area (Å²) in [5.41, 5.74) is 8.45. The molecule has 0 radical (unpaired) electrons. The summed E-state index contributed by atoms with van der Waals surface area (Å²) in [5, 5.41) is 3.00. The van der Waals surface area contributed by atoms with Crippen molar-refractivity contribution in [1.82, 2.24) is 5.32 Å². The Kier molecular flexibility index (Phi) is 6.41. The fraction of sp³-hybridized carbons (Fsp3) is 0.611. The first-order chi connectivity index (χ1) is 9.75. The van der Waals surface area contributed by atoms with Crippen LogP contribution in [-0.4, -0.2) is 11.9 Å². The second kappa shape index (κ2) is 7.60. The van der Waals surface area contributed by atoms with Crippen LogP contribution in [0.4, 0.5) is 0 Å². The van der Waals surface area contributed by atoms with E-state index in [0.717, 1.165) is 24.8 Å². The zero-order chi connectivity index (χ0) is 16.0. The number of unbranched alkanes of at least 4 members (excludes halogenated alkanes) is 1. The molecule has 1 amide bonds. The fourth-order valence-electron chi connectivity index (χ4n) is 2.23. The zero-order valence-electron chi connectivity index (χ0n) is 14.1. The van der Waals surface area contributed by atoms with Gasteiger partial charge in [-0.05, 0) is 29.9 Å². The molecule has 0 bridgehead atoms. The Morgan fingerprint density at radius 3 is 2.29 bits per heavy atom. The number of carbonyl (C=O) groups is 1. The zero-order valence-corrected chi connectivity index (χ0v) is 14.1. The number of hydrogen-bond acceptors (Lipinski definition) is 2. The van der Waals surface area contributed by atoms with Gasteiger partial charge < -0.3 is 11.1 Å². The van der Waals surface area contributed by atoms with Crippen molar-refractivity contribution in [1.29, 1.82) is 0 Å². The first-order valence-electron chi connectivity index (χ1n) is 7.92. The molecule has 1 aromatic carbocycles. The molecule has 0 aliphatic carbocycles. The van der Waals surface area contributed by atoms with E-state index in [-0.39, 0.29) is 17.4 Å². The standard InChI is InChI=1S/C18H30N2O/c1-6-7-8-16(19)17(21)20-13(2)14-9-11-15(12-10-14)18(3,4)5/h9-13,16H,6-8,19H2,1-5H3,(H,20,21)/t13?,16-/m0/s1. The minimum atomic E-state index is -0.402.